The molecule has 13 heavy (non-hydrogen) atoms. The van der Waals surface area contributed by atoms with Crippen LogP contribution in [0.2, 0.25) is 0 Å². The molecule has 2 atom stereocenters. The van der Waals surface area contributed by atoms with E-state index >= 15 is 0 Å². The minimum Gasteiger partial charge on any atom is -0.378 e. The van der Waals surface area contributed by atoms with Crippen molar-refractivity contribution in [3.63, 3.8) is 0 Å². The summed E-state index contributed by atoms with van der Waals surface area (Å²) in [6.07, 6.45) is 14.4. The molecule has 0 radical (unpaired) electrons. The number of fused-ring (bicyclic) bond motifs is 2. The van der Waals surface area contributed by atoms with Crippen LogP contribution in [0.1, 0.15) is 25.7 Å². The average Bonchev–Trinajstić information content (AvgIpc) is 2.56. The van der Waals surface area contributed by atoms with Crippen molar-refractivity contribution in [1.29, 1.82) is 0 Å². The van der Waals surface area contributed by atoms with Gasteiger partial charge < -0.3 is 5.32 Å². The largest absolute Gasteiger partial charge is 0.378 e. The van der Waals surface area contributed by atoms with Gasteiger partial charge in [-0.3, -0.25) is 0 Å². The van der Waals surface area contributed by atoms with Crippen molar-refractivity contribution < 1.29 is 0 Å². The third-order valence-electron chi connectivity index (χ3n) is 3.40. The molecule has 0 saturated carbocycles. The first kappa shape index (κ1) is 7.43. The quantitative estimate of drug-likeness (QED) is 0.555. The fraction of sp³-hybridized carbons (Fsp3) is 0.500. The van der Waals surface area contributed by atoms with Crippen molar-refractivity contribution in [2.75, 3.05) is 0 Å². The average molecular weight is 173 g/mol. The second-order valence-electron chi connectivity index (χ2n) is 4.16. The maximum absolute atomic E-state index is 3.60. The highest BCUT2D eigenvalue weighted by atomic mass is 15.0. The van der Waals surface area contributed by atoms with Crippen LogP contribution in [-0.2, 0) is 0 Å². The van der Waals surface area contributed by atoms with Gasteiger partial charge in [0, 0.05) is 11.6 Å². The van der Waals surface area contributed by atoms with E-state index in [1.54, 1.807) is 5.57 Å². The van der Waals surface area contributed by atoms with Gasteiger partial charge in [0.15, 0.2) is 0 Å². The van der Waals surface area contributed by atoms with E-state index < -0.39 is 0 Å². The summed E-state index contributed by atoms with van der Waals surface area (Å²) in [6, 6.07) is 0.612. The molecule has 0 fully saturated rings. The van der Waals surface area contributed by atoms with E-state index in [2.05, 4.69) is 29.6 Å². The van der Waals surface area contributed by atoms with Crippen LogP contribution in [0.25, 0.3) is 0 Å². The maximum Gasteiger partial charge on any atom is 0.0510 e. The molecule has 3 rings (SSSR count). The predicted octanol–water partition coefficient (Wildman–Crippen LogP) is 2.53. The van der Waals surface area contributed by atoms with E-state index in [9.17, 15) is 0 Å². The van der Waals surface area contributed by atoms with Crippen LogP contribution in [0.3, 0.4) is 0 Å². The molecule has 2 aliphatic carbocycles. The van der Waals surface area contributed by atoms with Crippen molar-refractivity contribution in [2.45, 2.75) is 31.7 Å². The fourth-order valence-electron chi connectivity index (χ4n) is 2.76. The summed E-state index contributed by atoms with van der Waals surface area (Å²) in [6.45, 7) is 0. The van der Waals surface area contributed by atoms with Crippen LogP contribution in [0.5, 0.6) is 0 Å². The molecule has 0 amide bonds. The van der Waals surface area contributed by atoms with Crippen LogP contribution in [-0.4, -0.2) is 6.04 Å². The second-order valence-corrected chi connectivity index (χ2v) is 4.16. The zero-order chi connectivity index (χ0) is 8.67. The molecule has 1 N–H and O–H groups in total. The Balaban J connectivity index is 1.95. The molecule has 1 nitrogen and oxygen atoms in total. The molecule has 68 valence electrons. The Hall–Kier alpha value is -0.980. The van der Waals surface area contributed by atoms with Gasteiger partial charge in [-0.05, 0) is 37.3 Å². The molecule has 0 bridgehead atoms. The van der Waals surface area contributed by atoms with Gasteiger partial charge in [-0.1, -0.05) is 18.2 Å². The number of nitrogens with one attached hydrogen (secondary N) is 1. The van der Waals surface area contributed by atoms with Gasteiger partial charge in [0.1, 0.15) is 0 Å². The summed E-state index contributed by atoms with van der Waals surface area (Å²) >= 11 is 0. The Morgan fingerprint density at radius 1 is 1.23 bits per heavy atom. The summed E-state index contributed by atoms with van der Waals surface area (Å²) in [7, 11) is 0. The lowest BCUT2D eigenvalue weighted by Gasteiger charge is -2.22. The SMILES string of the molecule is C1=CC2=C(CC1)C1CCC=CC1N2. The third kappa shape index (κ3) is 1.06. The van der Waals surface area contributed by atoms with Crippen molar-refractivity contribution in [2.24, 2.45) is 5.92 Å². The predicted molar refractivity (Wildman–Crippen MR) is 54.2 cm³/mol. The molecular weight excluding hydrogens is 158 g/mol. The number of hydrogen-bond donors (Lipinski definition) is 1. The van der Waals surface area contributed by atoms with Gasteiger partial charge >= 0.3 is 0 Å². The Labute approximate surface area is 79.2 Å². The van der Waals surface area contributed by atoms with E-state index in [0.717, 1.165) is 5.92 Å². The zero-order valence-corrected chi connectivity index (χ0v) is 7.79. The van der Waals surface area contributed by atoms with E-state index in [-0.39, 0.29) is 0 Å². The molecule has 0 aromatic rings. The third-order valence-corrected chi connectivity index (χ3v) is 3.40. The lowest BCUT2D eigenvalue weighted by Crippen LogP contribution is -2.28. The monoisotopic (exact) mass is 173 g/mol. The first-order valence-electron chi connectivity index (χ1n) is 5.28. The lowest BCUT2D eigenvalue weighted by atomic mass is 9.83. The normalized spacial score (nSPS) is 35.7. The topological polar surface area (TPSA) is 12.0 Å². The molecule has 0 spiro atoms. The molecule has 0 saturated heterocycles. The summed E-state index contributed by atoms with van der Waals surface area (Å²) in [5.41, 5.74) is 3.12. The van der Waals surface area contributed by atoms with Gasteiger partial charge in [-0.15, -0.1) is 0 Å². The number of rotatable bonds is 0. The molecule has 1 heterocycles. The number of hydrogen-bond acceptors (Lipinski definition) is 1. The van der Waals surface area contributed by atoms with E-state index in [0.29, 0.717) is 6.04 Å². The van der Waals surface area contributed by atoms with Crippen molar-refractivity contribution in [1.82, 2.24) is 5.32 Å². The van der Waals surface area contributed by atoms with Crippen LogP contribution in [0, 0.1) is 5.92 Å². The standard InChI is InChI=1S/C12H15N/c1-3-7-11-9(5-1)10-6-2-4-8-12(10)13-11/h3-4,7-9,11,13H,1-2,5-6H2. The van der Waals surface area contributed by atoms with Crippen molar-refractivity contribution in [3.05, 3.63) is 35.6 Å². The van der Waals surface area contributed by atoms with Crippen LogP contribution < -0.4 is 5.32 Å². The lowest BCUT2D eigenvalue weighted by molar-refractivity contribution is 0.478. The molecule has 3 aliphatic rings. The van der Waals surface area contributed by atoms with E-state index in [4.69, 9.17) is 0 Å². The summed E-state index contributed by atoms with van der Waals surface area (Å²) in [4.78, 5) is 0. The molecule has 2 unspecified atom stereocenters. The zero-order valence-electron chi connectivity index (χ0n) is 7.79. The first-order valence-corrected chi connectivity index (χ1v) is 5.28. The molecular formula is C12H15N. The van der Waals surface area contributed by atoms with Gasteiger partial charge in [0.2, 0.25) is 0 Å². The summed E-state index contributed by atoms with van der Waals surface area (Å²) in [5, 5.41) is 3.60. The maximum atomic E-state index is 3.60. The van der Waals surface area contributed by atoms with Gasteiger partial charge in [0.25, 0.3) is 0 Å². The van der Waals surface area contributed by atoms with Crippen molar-refractivity contribution in [3.8, 4) is 0 Å². The second kappa shape index (κ2) is 2.76. The molecule has 1 heteroatoms. The van der Waals surface area contributed by atoms with Gasteiger partial charge in [0.05, 0.1) is 6.04 Å². The molecule has 1 aliphatic heterocycles. The highest BCUT2D eigenvalue weighted by molar-refractivity contribution is 5.38. The minimum absolute atomic E-state index is 0.612. The highest BCUT2D eigenvalue weighted by Gasteiger charge is 2.33. The van der Waals surface area contributed by atoms with Crippen LogP contribution >= 0.6 is 0 Å². The Kier molecular flexibility index (Phi) is 1.58. The first-order chi connectivity index (χ1) is 6.45. The van der Waals surface area contributed by atoms with Crippen LogP contribution in [0.15, 0.2) is 35.6 Å². The van der Waals surface area contributed by atoms with Crippen LogP contribution in [0.4, 0.5) is 0 Å². The summed E-state index contributed by atoms with van der Waals surface area (Å²) < 4.78 is 0. The van der Waals surface area contributed by atoms with E-state index in [1.807, 2.05) is 0 Å². The highest BCUT2D eigenvalue weighted by Crippen LogP contribution is 2.38. The smallest absolute Gasteiger partial charge is 0.0510 e. The minimum atomic E-state index is 0.612. The van der Waals surface area contributed by atoms with Crippen molar-refractivity contribution >= 4 is 0 Å². The molecule has 0 aromatic heterocycles. The summed E-state index contributed by atoms with van der Waals surface area (Å²) in [5.74, 6) is 0.810. The number of allylic oxidation sites excluding steroid dienone is 3. The fourth-order valence-corrected chi connectivity index (χ4v) is 2.76. The van der Waals surface area contributed by atoms with Gasteiger partial charge in [-0.25, -0.2) is 0 Å². The Bertz CT molecular complexity index is 309. The Morgan fingerprint density at radius 3 is 3.23 bits per heavy atom. The molecule has 0 aromatic carbocycles. The van der Waals surface area contributed by atoms with E-state index in [1.165, 1.54) is 31.4 Å². The Morgan fingerprint density at radius 2 is 2.23 bits per heavy atom. The van der Waals surface area contributed by atoms with Gasteiger partial charge in [-0.2, -0.15) is 0 Å².